The molecular weight excluding hydrogens is 272 g/mol. The second-order valence-electron chi connectivity index (χ2n) is 4.69. The summed E-state index contributed by atoms with van der Waals surface area (Å²) in [6.45, 7) is 5.03. The number of aromatic nitrogens is 3. The molecule has 0 bridgehead atoms. The largest absolute Gasteiger partial charge is 0.379 e. The first-order valence-corrected chi connectivity index (χ1v) is 6.80. The van der Waals surface area contributed by atoms with Crippen molar-refractivity contribution in [2.24, 2.45) is 0 Å². The number of ether oxygens (including phenoxy) is 1. The minimum Gasteiger partial charge on any atom is -0.379 e. The maximum Gasteiger partial charge on any atom is 0.316 e. The van der Waals surface area contributed by atoms with Gasteiger partial charge in [0.2, 0.25) is 5.82 Å². The van der Waals surface area contributed by atoms with E-state index in [4.69, 9.17) is 9.26 Å². The van der Waals surface area contributed by atoms with E-state index in [1.54, 1.807) is 24.5 Å². The van der Waals surface area contributed by atoms with E-state index in [9.17, 15) is 4.79 Å². The van der Waals surface area contributed by atoms with Gasteiger partial charge < -0.3 is 14.6 Å². The molecular formula is C14H18N4O3. The fourth-order valence-electron chi connectivity index (χ4n) is 1.60. The number of amides is 1. The van der Waals surface area contributed by atoms with Crippen LogP contribution in [0.4, 0.5) is 0 Å². The number of carbonyl (C=O) groups is 1. The molecule has 1 amide bonds. The van der Waals surface area contributed by atoms with Gasteiger partial charge in [-0.05, 0) is 32.4 Å². The first-order valence-electron chi connectivity index (χ1n) is 6.80. The summed E-state index contributed by atoms with van der Waals surface area (Å²) < 4.78 is 10.3. The zero-order chi connectivity index (χ0) is 15.1. The summed E-state index contributed by atoms with van der Waals surface area (Å²) in [7, 11) is 0. The van der Waals surface area contributed by atoms with Crippen LogP contribution in [0.2, 0.25) is 0 Å². The average molecular weight is 290 g/mol. The van der Waals surface area contributed by atoms with Crippen LogP contribution in [-0.2, 0) is 4.74 Å². The Labute approximate surface area is 122 Å². The van der Waals surface area contributed by atoms with Crippen LogP contribution in [0.5, 0.6) is 0 Å². The molecule has 0 atom stereocenters. The van der Waals surface area contributed by atoms with E-state index >= 15 is 0 Å². The summed E-state index contributed by atoms with van der Waals surface area (Å²) >= 11 is 0. The monoisotopic (exact) mass is 290 g/mol. The van der Waals surface area contributed by atoms with Gasteiger partial charge >= 0.3 is 11.8 Å². The van der Waals surface area contributed by atoms with Crippen molar-refractivity contribution < 1.29 is 14.1 Å². The Kier molecular flexibility index (Phi) is 5.39. The summed E-state index contributed by atoms with van der Waals surface area (Å²) in [5, 5.41) is 6.47. The van der Waals surface area contributed by atoms with Gasteiger partial charge in [0, 0.05) is 31.1 Å². The lowest BCUT2D eigenvalue weighted by molar-refractivity contribution is 0.0751. The van der Waals surface area contributed by atoms with Crippen LogP contribution in [0.15, 0.2) is 29.0 Å². The molecule has 7 nitrogen and oxygen atoms in total. The van der Waals surface area contributed by atoms with Gasteiger partial charge in [-0.25, -0.2) is 0 Å². The van der Waals surface area contributed by atoms with Crippen molar-refractivity contribution in [3.05, 3.63) is 30.4 Å². The number of rotatable bonds is 7. The molecule has 2 aromatic rings. The van der Waals surface area contributed by atoms with E-state index in [1.807, 2.05) is 13.8 Å². The predicted molar refractivity (Wildman–Crippen MR) is 75.6 cm³/mol. The topological polar surface area (TPSA) is 90.1 Å². The van der Waals surface area contributed by atoms with Gasteiger partial charge in [-0.2, -0.15) is 4.98 Å². The molecule has 0 aliphatic rings. The van der Waals surface area contributed by atoms with Crippen molar-refractivity contribution in [1.82, 2.24) is 20.4 Å². The lowest BCUT2D eigenvalue weighted by Gasteiger charge is -2.06. The Morgan fingerprint density at radius 3 is 3.05 bits per heavy atom. The fourth-order valence-corrected chi connectivity index (χ4v) is 1.60. The summed E-state index contributed by atoms with van der Waals surface area (Å²) in [4.78, 5) is 19.8. The molecule has 0 aliphatic carbocycles. The van der Waals surface area contributed by atoms with Crippen LogP contribution in [0.3, 0.4) is 0 Å². The SMILES string of the molecule is CC(C)OCCCNC(=O)c1nc(-c2cccnc2)no1. The Hall–Kier alpha value is -2.28. The Morgan fingerprint density at radius 1 is 1.48 bits per heavy atom. The van der Waals surface area contributed by atoms with E-state index in [2.05, 4.69) is 20.4 Å². The molecule has 21 heavy (non-hydrogen) atoms. The molecule has 2 heterocycles. The zero-order valence-electron chi connectivity index (χ0n) is 12.1. The molecule has 112 valence electrons. The molecule has 2 aromatic heterocycles. The second-order valence-corrected chi connectivity index (χ2v) is 4.69. The third-order valence-electron chi connectivity index (χ3n) is 2.60. The number of pyridine rings is 1. The van der Waals surface area contributed by atoms with Gasteiger partial charge in [0.25, 0.3) is 0 Å². The van der Waals surface area contributed by atoms with E-state index in [1.165, 1.54) is 0 Å². The number of nitrogens with zero attached hydrogens (tertiary/aromatic N) is 3. The van der Waals surface area contributed by atoms with Crippen LogP contribution in [0.1, 0.15) is 31.0 Å². The van der Waals surface area contributed by atoms with Gasteiger partial charge in [-0.15, -0.1) is 0 Å². The Bertz CT molecular complexity index is 569. The molecule has 0 aromatic carbocycles. The van der Waals surface area contributed by atoms with Crippen molar-refractivity contribution >= 4 is 5.91 Å². The van der Waals surface area contributed by atoms with Crippen molar-refractivity contribution in [2.75, 3.05) is 13.2 Å². The molecule has 0 saturated carbocycles. The molecule has 0 saturated heterocycles. The first-order chi connectivity index (χ1) is 10.2. The van der Waals surface area contributed by atoms with Gasteiger partial charge in [-0.3, -0.25) is 9.78 Å². The van der Waals surface area contributed by atoms with Crippen LogP contribution in [-0.4, -0.2) is 40.3 Å². The van der Waals surface area contributed by atoms with Gasteiger partial charge in [0.1, 0.15) is 0 Å². The van der Waals surface area contributed by atoms with Crippen molar-refractivity contribution in [3.8, 4) is 11.4 Å². The number of carbonyl (C=O) groups excluding carboxylic acids is 1. The molecule has 0 spiro atoms. The maximum atomic E-state index is 11.8. The molecule has 0 aliphatic heterocycles. The quantitative estimate of drug-likeness (QED) is 0.780. The molecule has 2 rings (SSSR count). The van der Waals surface area contributed by atoms with Gasteiger partial charge in [0.05, 0.1) is 6.10 Å². The maximum absolute atomic E-state index is 11.8. The highest BCUT2D eigenvalue weighted by Crippen LogP contribution is 2.13. The van der Waals surface area contributed by atoms with E-state index in [0.29, 0.717) is 24.5 Å². The highest BCUT2D eigenvalue weighted by atomic mass is 16.5. The highest BCUT2D eigenvalue weighted by Gasteiger charge is 2.15. The minimum atomic E-state index is -0.387. The number of hydrogen-bond donors (Lipinski definition) is 1. The summed E-state index contributed by atoms with van der Waals surface area (Å²) in [6, 6.07) is 3.56. The molecule has 0 fully saturated rings. The van der Waals surface area contributed by atoms with Gasteiger partial charge in [0.15, 0.2) is 0 Å². The fraction of sp³-hybridized carbons (Fsp3) is 0.429. The van der Waals surface area contributed by atoms with Crippen molar-refractivity contribution in [2.45, 2.75) is 26.4 Å². The van der Waals surface area contributed by atoms with E-state index in [-0.39, 0.29) is 17.9 Å². The van der Waals surface area contributed by atoms with Crippen LogP contribution >= 0.6 is 0 Å². The van der Waals surface area contributed by atoms with Crippen LogP contribution in [0.25, 0.3) is 11.4 Å². The van der Waals surface area contributed by atoms with Crippen LogP contribution in [0, 0.1) is 0 Å². The first kappa shape index (κ1) is 15.1. The summed E-state index contributed by atoms with van der Waals surface area (Å²) in [6.07, 6.45) is 4.18. The number of nitrogens with one attached hydrogen (secondary N) is 1. The van der Waals surface area contributed by atoms with E-state index in [0.717, 1.165) is 6.42 Å². The summed E-state index contributed by atoms with van der Waals surface area (Å²) in [5.41, 5.74) is 0.700. The average Bonchev–Trinajstić information content (AvgIpc) is 2.97. The van der Waals surface area contributed by atoms with E-state index < -0.39 is 0 Å². The normalized spacial score (nSPS) is 10.8. The number of hydrogen-bond acceptors (Lipinski definition) is 6. The lowest BCUT2D eigenvalue weighted by Crippen LogP contribution is -2.25. The molecule has 0 unspecified atom stereocenters. The second kappa shape index (κ2) is 7.49. The van der Waals surface area contributed by atoms with Gasteiger partial charge in [-0.1, -0.05) is 5.16 Å². The Morgan fingerprint density at radius 2 is 2.33 bits per heavy atom. The molecule has 7 heteroatoms. The van der Waals surface area contributed by atoms with Crippen molar-refractivity contribution in [3.63, 3.8) is 0 Å². The third kappa shape index (κ3) is 4.64. The minimum absolute atomic E-state index is 0.0568. The zero-order valence-corrected chi connectivity index (χ0v) is 12.1. The predicted octanol–water partition coefficient (Wildman–Crippen LogP) is 1.68. The lowest BCUT2D eigenvalue weighted by atomic mass is 10.3. The third-order valence-corrected chi connectivity index (χ3v) is 2.60. The molecule has 1 N–H and O–H groups in total. The molecule has 0 radical (unpaired) electrons. The Balaban J connectivity index is 1.82. The van der Waals surface area contributed by atoms with Crippen LogP contribution < -0.4 is 5.32 Å². The van der Waals surface area contributed by atoms with Crippen molar-refractivity contribution in [1.29, 1.82) is 0 Å². The highest BCUT2D eigenvalue weighted by molar-refractivity contribution is 5.89. The smallest absolute Gasteiger partial charge is 0.316 e. The summed E-state index contributed by atoms with van der Waals surface area (Å²) in [5.74, 6) is -0.0998. The standard InChI is InChI=1S/C14H18N4O3/c1-10(2)20-8-4-7-16-13(19)14-17-12(18-21-14)11-5-3-6-15-9-11/h3,5-6,9-10H,4,7-8H2,1-2H3,(H,16,19).